The molecule has 5 nitrogen and oxygen atoms in total. The molecule has 24 heavy (non-hydrogen) atoms. The molecule has 0 radical (unpaired) electrons. The van der Waals surface area contributed by atoms with E-state index in [9.17, 15) is 0 Å². The quantitative estimate of drug-likeness (QED) is 0.730. The Morgan fingerprint density at radius 2 is 1.75 bits per heavy atom. The lowest BCUT2D eigenvalue weighted by Crippen LogP contribution is -2.09. The summed E-state index contributed by atoms with van der Waals surface area (Å²) in [5.74, 6) is 2.97. The van der Waals surface area contributed by atoms with Crippen molar-refractivity contribution in [2.45, 2.75) is 47.1 Å². The number of aromatic nitrogens is 2. The molecule has 130 valence electrons. The van der Waals surface area contributed by atoms with Crippen molar-refractivity contribution in [3.8, 4) is 5.75 Å². The zero-order valence-corrected chi connectivity index (χ0v) is 15.3. The Hall–Kier alpha value is -2.30. The molecule has 0 atom stereocenters. The zero-order chi connectivity index (χ0) is 17.5. The van der Waals surface area contributed by atoms with Crippen molar-refractivity contribution < 1.29 is 4.74 Å². The minimum atomic E-state index is 0.174. The van der Waals surface area contributed by atoms with Crippen LogP contribution in [0.25, 0.3) is 0 Å². The number of hydrogen-bond donors (Lipinski definition) is 2. The lowest BCUT2D eigenvalue weighted by atomic mass is 10.1. The van der Waals surface area contributed by atoms with Gasteiger partial charge in [0.1, 0.15) is 11.6 Å². The van der Waals surface area contributed by atoms with Crippen LogP contribution in [-0.2, 0) is 0 Å². The van der Waals surface area contributed by atoms with Gasteiger partial charge in [-0.1, -0.05) is 13.8 Å². The third-order valence-electron chi connectivity index (χ3n) is 3.36. The smallest absolute Gasteiger partial charge is 0.224 e. The van der Waals surface area contributed by atoms with E-state index in [1.807, 2.05) is 51.1 Å². The van der Waals surface area contributed by atoms with Crippen LogP contribution in [0.15, 0.2) is 30.3 Å². The van der Waals surface area contributed by atoms with Crippen molar-refractivity contribution in [1.82, 2.24) is 9.97 Å². The first-order valence-corrected chi connectivity index (χ1v) is 8.55. The fourth-order valence-electron chi connectivity index (χ4n) is 2.22. The molecular weight excluding hydrogens is 300 g/mol. The van der Waals surface area contributed by atoms with Crippen LogP contribution in [0.3, 0.4) is 0 Å². The summed E-state index contributed by atoms with van der Waals surface area (Å²) in [4.78, 5) is 8.97. The van der Waals surface area contributed by atoms with E-state index < -0.39 is 0 Å². The molecule has 0 spiro atoms. The van der Waals surface area contributed by atoms with Gasteiger partial charge in [-0.25, -0.2) is 4.98 Å². The first-order valence-electron chi connectivity index (χ1n) is 8.55. The normalized spacial score (nSPS) is 11.0. The molecule has 2 N–H and O–H groups in total. The number of nitrogens with zero attached hydrogens (tertiary/aromatic N) is 2. The summed E-state index contributed by atoms with van der Waals surface area (Å²) in [7, 11) is 0. The molecule has 0 aliphatic carbocycles. The number of nitrogens with one attached hydrogen (secondary N) is 2. The molecule has 0 aliphatic rings. The molecule has 2 rings (SSSR count). The Kier molecular flexibility index (Phi) is 6.41. The van der Waals surface area contributed by atoms with E-state index in [1.165, 1.54) is 0 Å². The highest BCUT2D eigenvalue weighted by molar-refractivity contribution is 5.58. The van der Waals surface area contributed by atoms with Crippen molar-refractivity contribution in [3.63, 3.8) is 0 Å². The van der Waals surface area contributed by atoms with E-state index in [2.05, 4.69) is 34.4 Å². The second-order valence-electron chi connectivity index (χ2n) is 6.64. The van der Waals surface area contributed by atoms with Gasteiger partial charge >= 0.3 is 0 Å². The van der Waals surface area contributed by atoms with E-state index in [-0.39, 0.29) is 6.10 Å². The maximum Gasteiger partial charge on any atom is 0.224 e. The van der Waals surface area contributed by atoms with Gasteiger partial charge in [0, 0.05) is 24.0 Å². The fraction of sp³-hybridized carbons (Fsp3) is 0.474. The molecule has 5 heteroatoms. The van der Waals surface area contributed by atoms with Gasteiger partial charge in [-0.05, 0) is 57.4 Å². The van der Waals surface area contributed by atoms with E-state index in [4.69, 9.17) is 4.74 Å². The Morgan fingerprint density at radius 3 is 2.38 bits per heavy atom. The average Bonchev–Trinajstić information content (AvgIpc) is 2.48. The van der Waals surface area contributed by atoms with Crippen molar-refractivity contribution in [1.29, 1.82) is 0 Å². The van der Waals surface area contributed by atoms with Gasteiger partial charge < -0.3 is 15.4 Å². The van der Waals surface area contributed by atoms with E-state index in [0.29, 0.717) is 11.9 Å². The summed E-state index contributed by atoms with van der Waals surface area (Å²) in [6.07, 6.45) is 1.27. The van der Waals surface area contributed by atoms with E-state index in [0.717, 1.165) is 35.9 Å². The minimum absolute atomic E-state index is 0.174. The molecule has 1 aromatic heterocycles. The molecule has 1 aromatic carbocycles. The summed E-state index contributed by atoms with van der Waals surface area (Å²) in [6.45, 7) is 11.3. The lowest BCUT2D eigenvalue weighted by Gasteiger charge is -2.12. The molecule has 0 saturated carbocycles. The number of rotatable bonds is 8. The van der Waals surface area contributed by atoms with Crippen LogP contribution in [0.5, 0.6) is 5.75 Å². The van der Waals surface area contributed by atoms with Crippen LogP contribution < -0.4 is 15.4 Å². The van der Waals surface area contributed by atoms with Crippen molar-refractivity contribution in [2.75, 3.05) is 17.2 Å². The summed E-state index contributed by atoms with van der Waals surface area (Å²) in [6, 6.07) is 9.82. The maximum absolute atomic E-state index is 5.66. The standard InChI is InChI=1S/C19H28N4O/c1-13(2)10-11-20-19-21-15(5)12-18(23-19)22-16-6-8-17(9-7-16)24-14(3)4/h6-9,12-14H,10-11H2,1-5H3,(H2,20,21,22,23). The SMILES string of the molecule is Cc1cc(Nc2ccc(OC(C)C)cc2)nc(NCCC(C)C)n1. The van der Waals surface area contributed by atoms with Gasteiger partial charge in [0.05, 0.1) is 6.10 Å². The third kappa shape index (κ3) is 6.07. The topological polar surface area (TPSA) is 59.1 Å². The lowest BCUT2D eigenvalue weighted by molar-refractivity contribution is 0.242. The highest BCUT2D eigenvalue weighted by Gasteiger charge is 2.04. The highest BCUT2D eigenvalue weighted by Crippen LogP contribution is 2.21. The molecule has 0 aliphatic heterocycles. The van der Waals surface area contributed by atoms with Crippen LogP contribution >= 0.6 is 0 Å². The summed E-state index contributed by atoms with van der Waals surface area (Å²) < 4.78 is 5.66. The van der Waals surface area contributed by atoms with Crippen LogP contribution in [0, 0.1) is 12.8 Å². The summed E-state index contributed by atoms with van der Waals surface area (Å²) in [5.41, 5.74) is 1.90. The predicted molar refractivity (Wildman–Crippen MR) is 100 cm³/mol. The number of ether oxygens (including phenoxy) is 1. The number of hydrogen-bond acceptors (Lipinski definition) is 5. The molecule has 1 heterocycles. The predicted octanol–water partition coefficient (Wildman–Crippen LogP) is 4.77. The molecular formula is C19H28N4O. The zero-order valence-electron chi connectivity index (χ0n) is 15.3. The third-order valence-corrected chi connectivity index (χ3v) is 3.36. The molecule has 0 amide bonds. The highest BCUT2D eigenvalue weighted by atomic mass is 16.5. The molecule has 2 aromatic rings. The Balaban J connectivity index is 2.02. The molecule has 0 saturated heterocycles. The molecule has 0 unspecified atom stereocenters. The van der Waals surface area contributed by atoms with Gasteiger partial charge in [-0.3, -0.25) is 0 Å². The van der Waals surface area contributed by atoms with Crippen LogP contribution in [0.2, 0.25) is 0 Å². The monoisotopic (exact) mass is 328 g/mol. The summed E-state index contributed by atoms with van der Waals surface area (Å²) in [5, 5.41) is 6.61. The van der Waals surface area contributed by atoms with Gasteiger partial charge in [-0.15, -0.1) is 0 Å². The Bertz CT molecular complexity index is 638. The van der Waals surface area contributed by atoms with E-state index in [1.54, 1.807) is 0 Å². The van der Waals surface area contributed by atoms with Gasteiger partial charge in [0.25, 0.3) is 0 Å². The van der Waals surface area contributed by atoms with Crippen molar-refractivity contribution in [3.05, 3.63) is 36.0 Å². The number of anilines is 3. The van der Waals surface area contributed by atoms with Crippen LogP contribution in [-0.4, -0.2) is 22.6 Å². The van der Waals surface area contributed by atoms with Crippen molar-refractivity contribution in [2.24, 2.45) is 5.92 Å². The summed E-state index contributed by atoms with van der Waals surface area (Å²) >= 11 is 0. The first kappa shape index (κ1) is 18.0. The largest absolute Gasteiger partial charge is 0.491 e. The Labute approximate surface area is 144 Å². The fourth-order valence-corrected chi connectivity index (χ4v) is 2.22. The van der Waals surface area contributed by atoms with Gasteiger partial charge in [0.15, 0.2) is 0 Å². The average molecular weight is 328 g/mol. The number of benzene rings is 1. The Morgan fingerprint density at radius 1 is 1.04 bits per heavy atom. The minimum Gasteiger partial charge on any atom is -0.491 e. The molecule has 0 fully saturated rings. The second-order valence-corrected chi connectivity index (χ2v) is 6.64. The molecule has 0 bridgehead atoms. The first-order chi connectivity index (χ1) is 11.4. The van der Waals surface area contributed by atoms with Gasteiger partial charge in [-0.2, -0.15) is 4.98 Å². The maximum atomic E-state index is 5.66. The van der Waals surface area contributed by atoms with Crippen molar-refractivity contribution >= 4 is 17.5 Å². The number of aryl methyl sites for hydroxylation is 1. The van der Waals surface area contributed by atoms with Crippen LogP contribution in [0.1, 0.15) is 39.8 Å². The van der Waals surface area contributed by atoms with Gasteiger partial charge in [0.2, 0.25) is 5.95 Å². The second kappa shape index (κ2) is 8.52. The van der Waals surface area contributed by atoms with E-state index >= 15 is 0 Å². The van der Waals surface area contributed by atoms with Crippen LogP contribution in [0.4, 0.5) is 17.5 Å².